The monoisotopic (exact) mass is 521 g/mol. The molecule has 0 radical (unpaired) electrons. The number of nitrogens with two attached hydrogens (primary N) is 2. The van der Waals surface area contributed by atoms with E-state index in [1.807, 2.05) is 12.1 Å². The number of carbonyl (C=O) groups is 3. The number of amides is 1. The van der Waals surface area contributed by atoms with Crippen molar-refractivity contribution in [3.63, 3.8) is 0 Å². The van der Waals surface area contributed by atoms with Crippen molar-refractivity contribution >= 4 is 33.9 Å². The molecule has 5 rings (SSSR count). The first kappa shape index (κ1) is 25.7. The Labute approximate surface area is 218 Å². The number of phenolic OH excluding ortho intramolecular Hbond substituents is 1. The fourth-order valence-electron chi connectivity index (χ4n) is 5.96. The van der Waals surface area contributed by atoms with Crippen LogP contribution in [0.4, 0.5) is 5.69 Å². The van der Waals surface area contributed by atoms with Gasteiger partial charge in [-0.05, 0) is 47.3 Å². The molecule has 200 valence electrons. The molecule has 2 aromatic carbocycles. The Morgan fingerprint density at radius 1 is 1.16 bits per heavy atom. The van der Waals surface area contributed by atoms with E-state index in [2.05, 4.69) is 26.1 Å². The first-order valence-corrected chi connectivity index (χ1v) is 12.4. The van der Waals surface area contributed by atoms with E-state index in [-0.39, 0.29) is 35.1 Å². The summed E-state index contributed by atoms with van der Waals surface area (Å²) in [7, 11) is 0. The number of carbonyl (C=O) groups excluding carboxylic acids is 3. The molecule has 0 spiro atoms. The van der Waals surface area contributed by atoms with Crippen LogP contribution in [-0.2, 0) is 16.0 Å². The second-order valence-corrected chi connectivity index (χ2v) is 11.7. The van der Waals surface area contributed by atoms with Gasteiger partial charge in [-0.15, -0.1) is 0 Å². The van der Waals surface area contributed by atoms with Crippen LogP contribution in [0, 0.1) is 17.3 Å². The summed E-state index contributed by atoms with van der Waals surface area (Å²) in [6, 6.07) is 5.91. The van der Waals surface area contributed by atoms with Gasteiger partial charge in [0.2, 0.25) is 5.78 Å². The van der Waals surface area contributed by atoms with Crippen molar-refractivity contribution in [1.82, 2.24) is 0 Å². The standard InChI is InChI=1S/C28H31N3O7/c1-27(2,3)10-31-14-5-4-11-6-12-7-13-8-16-20(29)23(34)19(26(30)37)25(36)28(16,38)24(35)18(13)22(33)17(12)21(32)15(11)9-14/h4-6,9,13,16,20,31-32,34-35,38H,7-8,10,29H2,1-3H3,(H2,30,37)/t13-,16-,20-,28-/m0/s1. The smallest absolute Gasteiger partial charge is 0.255 e. The van der Waals surface area contributed by atoms with E-state index in [1.165, 1.54) is 0 Å². The minimum atomic E-state index is -2.72. The second kappa shape index (κ2) is 8.31. The summed E-state index contributed by atoms with van der Waals surface area (Å²) >= 11 is 0. The summed E-state index contributed by atoms with van der Waals surface area (Å²) in [6.45, 7) is 6.93. The highest BCUT2D eigenvalue weighted by molar-refractivity contribution is 6.25. The van der Waals surface area contributed by atoms with E-state index in [1.54, 1.807) is 12.1 Å². The average molecular weight is 522 g/mol. The van der Waals surface area contributed by atoms with E-state index >= 15 is 0 Å². The molecule has 0 saturated carbocycles. The van der Waals surface area contributed by atoms with Crippen molar-refractivity contribution in [2.24, 2.45) is 28.7 Å². The van der Waals surface area contributed by atoms with Gasteiger partial charge in [-0.1, -0.05) is 32.9 Å². The summed E-state index contributed by atoms with van der Waals surface area (Å²) in [5, 5.41) is 48.7. The zero-order valence-electron chi connectivity index (χ0n) is 21.3. The summed E-state index contributed by atoms with van der Waals surface area (Å²) in [6.07, 6.45) is 0.188. The van der Waals surface area contributed by atoms with Crippen LogP contribution in [0.3, 0.4) is 0 Å². The lowest BCUT2D eigenvalue weighted by Gasteiger charge is -2.47. The van der Waals surface area contributed by atoms with Gasteiger partial charge >= 0.3 is 0 Å². The Hall–Kier alpha value is -3.89. The van der Waals surface area contributed by atoms with Gasteiger partial charge in [0.25, 0.3) is 5.91 Å². The van der Waals surface area contributed by atoms with Gasteiger partial charge in [0.05, 0.1) is 11.6 Å². The van der Waals surface area contributed by atoms with Crippen LogP contribution in [-0.4, -0.2) is 56.1 Å². The van der Waals surface area contributed by atoms with Crippen LogP contribution in [0.5, 0.6) is 5.75 Å². The predicted octanol–water partition coefficient (Wildman–Crippen LogP) is 2.13. The third-order valence-corrected chi connectivity index (χ3v) is 7.88. The first-order chi connectivity index (χ1) is 17.7. The first-order valence-electron chi connectivity index (χ1n) is 12.4. The quantitative estimate of drug-likeness (QED) is 0.296. The lowest BCUT2D eigenvalue weighted by atomic mass is 9.59. The van der Waals surface area contributed by atoms with Crippen LogP contribution < -0.4 is 16.8 Å². The lowest BCUT2D eigenvalue weighted by Crippen LogP contribution is -2.63. The number of hydrogen-bond acceptors (Lipinski definition) is 9. The Balaban J connectivity index is 1.63. The SMILES string of the molecule is CC(C)(C)CNc1ccc2cc3c(c(O)c2c1)C(=O)C1=C(O)[C@]2(O)C(=O)C(C(N)=O)=C(O)[C@@H](N)[C@@H]2C[C@@H]1C3. The zero-order chi connectivity index (χ0) is 27.9. The van der Waals surface area contributed by atoms with Gasteiger partial charge in [-0.2, -0.15) is 0 Å². The molecule has 0 unspecified atom stereocenters. The minimum absolute atomic E-state index is 0.0143. The second-order valence-electron chi connectivity index (χ2n) is 11.7. The van der Waals surface area contributed by atoms with Gasteiger partial charge in [0, 0.05) is 29.1 Å². The molecular formula is C28H31N3O7. The number of nitrogens with one attached hydrogen (secondary N) is 1. The van der Waals surface area contributed by atoms with Crippen LogP contribution in [0.15, 0.2) is 46.9 Å². The molecule has 0 aliphatic heterocycles. The number of rotatable bonds is 3. The van der Waals surface area contributed by atoms with Crippen LogP contribution >= 0.6 is 0 Å². The number of aliphatic hydroxyl groups excluding tert-OH is 2. The topological polar surface area (TPSA) is 196 Å². The number of ketones is 2. The van der Waals surface area contributed by atoms with Gasteiger partial charge in [-0.3, -0.25) is 14.4 Å². The van der Waals surface area contributed by atoms with Gasteiger partial charge in [0.15, 0.2) is 11.4 Å². The van der Waals surface area contributed by atoms with Gasteiger partial charge in [0.1, 0.15) is 22.8 Å². The molecule has 0 bridgehead atoms. The maximum Gasteiger partial charge on any atom is 0.255 e. The molecule has 0 heterocycles. The number of primary amides is 1. The van der Waals surface area contributed by atoms with Crippen molar-refractivity contribution in [2.75, 3.05) is 11.9 Å². The molecule has 2 aromatic rings. The number of hydrogen-bond donors (Lipinski definition) is 7. The van der Waals surface area contributed by atoms with Crippen molar-refractivity contribution in [3.05, 3.63) is 58.1 Å². The molecule has 0 fully saturated rings. The third-order valence-electron chi connectivity index (χ3n) is 7.88. The summed E-state index contributed by atoms with van der Waals surface area (Å²) < 4.78 is 0. The van der Waals surface area contributed by atoms with Gasteiger partial charge in [-0.25, -0.2) is 0 Å². The van der Waals surface area contributed by atoms with Crippen molar-refractivity contribution in [1.29, 1.82) is 0 Å². The van der Waals surface area contributed by atoms with Crippen LogP contribution in [0.2, 0.25) is 0 Å². The maximum atomic E-state index is 13.8. The molecule has 10 nitrogen and oxygen atoms in total. The number of anilines is 1. The molecule has 38 heavy (non-hydrogen) atoms. The molecule has 1 amide bonds. The van der Waals surface area contributed by atoms with E-state index in [0.29, 0.717) is 17.5 Å². The number of fused-ring (bicyclic) bond motifs is 4. The number of benzene rings is 2. The average Bonchev–Trinajstić information content (AvgIpc) is 2.83. The Kier molecular flexibility index (Phi) is 5.63. The fourth-order valence-corrected chi connectivity index (χ4v) is 5.96. The number of phenols is 1. The summed E-state index contributed by atoms with van der Waals surface area (Å²) in [5.74, 6) is -7.15. The molecule has 10 heteroatoms. The van der Waals surface area contributed by atoms with Gasteiger partial charge < -0.3 is 37.2 Å². The highest BCUT2D eigenvalue weighted by Gasteiger charge is 2.62. The van der Waals surface area contributed by atoms with Crippen LogP contribution in [0.25, 0.3) is 10.8 Å². The molecule has 0 saturated heterocycles. The minimum Gasteiger partial charge on any atom is -0.510 e. The Bertz CT molecular complexity index is 1500. The number of allylic oxidation sites excluding steroid dienone is 1. The highest BCUT2D eigenvalue weighted by Crippen LogP contribution is 2.51. The number of aromatic hydroxyl groups is 1. The van der Waals surface area contributed by atoms with Crippen molar-refractivity contribution in [3.8, 4) is 5.75 Å². The van der Waals surface area contributed by atoms with E-state index in [9.17, 15) is 34.8 Å². The maximum absolute atomic E-state index is 13.8. The molecule has 9 N–H and O–H groups in total. The normalized spacial score (nSPS) is 27.2. The Morgan fingerprint density at radius 2 is 1.84 bits per heavy atom. The van der Waals surface area contributed by atoms with E-state index in [4.69, 9.17) is 11.5 Å². The third kappa shape index (κ3) is 3.58. The Morgan fingerprint density at radius 3 is 2.47 bits per heavy atom. The summed E-state index contributed by atoms with van der Waals surface area (Å²) in [4.78, 5) is 38.8. The predicted molar refractivity (Wildman–Crippen MR) is 140 cm³/mol. The highest BCUT2D eigenvalue weighted by atomic mass is 16.3. The zero-order valence-corrected chi connectivity index (χ0v) is 21.3. The molecule has 3 aliphatic rings. The van der Waals surface area contributed by atoms with E-state index < -0.39 is 58.0 Å². The molecule has 4 atom stereocenters. The molecular weight excluding hydrogens is 490 g/mol. The molecule has 3 aliphatic carbocycles. The lowest BCUT2D eigenvalue weighted by molar-refractivity contribution is -0.145. The molecule has 0 aromatic heterocycles. The van der Waals surface area contributed by atoms with Crippen LogP contribution in [0.1, 0.15) is 43.1 Å². The largest absolute Gasteiger partial charge is 0.510 e. The summed E-state index contributed by atoms with van der Waals surface area (Å²) in [5.41, 5.74) is 8.79. The number of Topliss-reactive ketones (excluding diaryl/α,β-unsaturated/α-hetero) is 2. The van der Waals surface area contributed by atoms with E-state index in [0.717, 1.165) is 11.1 Å². The van der Waals surface area contributed by atoms with Crippen molar-refractivity contribution in [2.45, 2.75) is 45.3 Å². The fraction of sp³-hybridized carbons (Fsp3) is 0.393. The number of aliphatic hydroxyl groups is 3. The van der Waals surface area contributed by atoms with Crippen molar-refractivity contribution < 1.29 is 34.8 Å².